The van der Waals surface area contributed by atoms with Gasteiger partial charge in [0.1, 0.15) is 11.8 Å². The number of hydrogen-bond donors (Lipinski definition) is 2. The van der Waals surface area contributed by atoms with Crippen LogP contribution < -0.4 is 5.73 Å². The number of carbonyl (C=O) groups is 2. The minimum atomic E-state index is -0.0762. The molecule has 3 aromatic rings. The quantitative estimate of drug-likeness (QED) is 0.656. The molecular formula is C16H13N5O2. The fourth-order valence-electron chi connectivity index (χ4n) is 2.23. The molecule has 2 aromatic heterocycles. The molecule has 0 unspecified atom stereocenters. The lowest BCUT2D eigenvalue weighted by molar-refractivity contribution is 0.0984. The number of aromatic nitrogens is 4. The summed E-state index contributed by atoms with van der Waals surface area (Å²) >= 11 is 0. The van der Waals surface area contributed by atoms with E-state index in [9.17, 15) is 9.59 Å². The summed E-state index contributed by atoms with van der Waals surface area (Å²) in [5.74, 6) is 0.311. The summed E-state index contributed by atoms with van der Waals surface area (Å²) in [5, 5.41) is 0. The van der Waals surface area contributed by atoms with Gasteiger partial charge in [-0.25, -0.2) is 15.0 Å². The highest BCUT2D eigenvalue weighted by Crippen LogP contribution is 2.20. The van der Waals surface area contributed by atoms with Crippen LogP contribution in [0.1, 0.15) is 27.6 Å². The van der Waals surface area contributed by atoms with Gasteiger partial charge in [-0.2, -0.15) is 0 Å². The summed E-state index contributed by atoms with van der Waals surface area (Å²) < 4.78 is 0. The van der Waals surface area contributed by atoms with E-state index in [1.165, 1.54) is 18.7 Å². The Bertz CT molecular complexity index is 942. The van der Waals surface area contributed by atoms with Gasteiger partial charge in [0.05, 0.1) is 6.33 Å². The molecular weight excluding hydrogens is 294 g/mol. The first kappa shape index (κ1) is 14.6. The third-order valence-electron chi connectivity index (χ3n) is 3.40. The summed E-state index contributed by atoms with van der Waals surface area (Å²) in [6.07, 6.45) is 4.32. The van der Waals surface area contributed by atoms with Gasteiger partial charge in [-0.3, -0.25) is 9.59 Å². The number of fused-ring (bicyclic) bond motifs is 2. The number of Topliss-reactive ketones (excluding diaryl/α,β-unsaturated/α-hetero) is 1. The average Bonchev–Trinajstić information content (AvgIpc) is 3.04. The van der Waals surface area contributed by atoms with Crippen molar-refractivity contribution >= 4 is 28.5 Å². The zero-order valence-electron chi connectivity index (χ0n) is 12.3. The van der Waals surface area contributed by atoms with Gasteiger partial charge in [0, 0.05) is 16.7 Å². The fraction of sp³-hybridized carbons (Fsp3) is 0.0625. The molecule has 0 bridgehead atoms. The predicted octanol–water partition coefficient (Wildman–Crippen LogP) is 1.95. The molecule has 0 spiro atoms. The lowest BCUT2D eigenvalue weighted by atomic mass is 9.90. The Morgan fingerprint density at radius 1 is 1.04 bits per heavy atom. The Morgan fingerprint density at radius 2 is 1.78 bits per heavy atom. The van der Waals surface area contributed by atoms with E-state index < -0.39 is 0 Å². The highest BCUT2D eigenvalue weighted by molar-refractivity contribution is 6.24. The smallest absolute Gasteiger partial charge is 0.189 e. The highest BCUT2D eigenvalue weighted by atomic mass is 16.1. The van der Waals surface area contributed by atoms with Crippen molar-refractivity contribution in [3.63, 3.8) is 0 Å². The van der Waals surface area contributed by atoms with Gasteiger partial charge in [-0.1, -0.05) is 24.3 Å². The van der Waals surface area contributed by atoms with E-state index in [2.05, 4.69) is 19.9 Å². The zero-order chi connectivity index (χ0) is 16.4. The molecule has 7 heteroatoms. The minimum absolute atomic E-state index is 0.0461. The number of H-pyrrole nitrogens is 1. The summed E-state index contributed by atoms with van der Waals surface area (Å²) in [4.78, 5) is 37.3. The van der Waals surface area contributed by atoms with Crippen LogP contribution in [-0.2, 0) is 0 Å². The number of nitrogen functional groups attached to an aromatic ring is 1. The number of anilines is 1. The summed E-state index contributed by atoms with van der Waals surface area (Å²) in [6, 6.07) is 6.89. The average molecular weight is 307 g/mol. The number of imidazole rings is 1. The molecule has 0 saturated heterocycles. The molecule has 2 heterocycles. The molecule has 1 aliphatic carbocycles. The highest BCUT2D eigenvalue weighted by Gasteiger charge is 2.21. The molecule has 1 aliphatic rings. The lowest BCUT2D eigenvalue weighted by Gasteiger charge is -2.11. The van der Waals surface area contributed by atoms with Crippen molar-refractivity contribution in [1.82, 2.24) is 19.9 Å². The van der Waals surface area contributed by atoms with E-state index in [0.29, 0.717) is 33.7 Å². The molecule has 23 heavy (non-hydrogen) atoms. The Kier molecular flexibility index (Phi) is 3.68. The van der Waals surface area contributed by atoms with Crippen LogP contribution in [0, 0.1) is 0 Å². The standard InChI is InChI=1S/C11H8O2.C5H5N5/c1-7-6-10(12)8-4-2-3-5-9(8)11(7)13;6-4-3-5(9-1-7-3)10-2-8-4/h2-6H,1H3;1-2H,(H3,6,7,8,9,10). The van der Waals surface area contributed by atoms with E-state index in [1.807, 2.05) is 0 Å². The van der Waals surface area contributed by atoms with Crippen LogP contribution in [-0.4, -0.2) is 31.5 Å². The SMILES string of the molecule is CC1=CC(=O)c2ccccc2C1=O.Nc1ncnc2nc[nH]c12. The van der Waals surface area contributed by atoms with Gasteiger partial charge in [0.2, 0.25) is 0 Å². The largest absolute Gasteiger partial charge is 0.382 e. The van der Waals surface area contributed by atoms with E-state index in [-0.39, 0.29) is 11.6 Å². The maximum absolute atomic E-state index is 11.5. The molecule has 0 amide bonds. The van der Waals surface area contributed by atoms with Crippen LogP contribution in [0.4, 0.5) is 5.82 Å². The Labute approximate surface area is 131 Å². The number of carbonyl (C=O) groups excluding carboxylic acids is 2. The molecule has 1 aromatic carbocycles. The third-order valence-corrected chi connectivity index (χ3v) is 3.40. The second-order valence-corrected chi connectivity index (χ2v) is 4.93. The minimum Gasteiger partial charge on any atom is -0.382 e. The normalized spacial score (nSPS) is 13.2. The van der Waals surface area contributed by atoms with Crippen LogP contribution in [0.15, 0.2) is 48.6 Å². The van der Waals surface area contributed by atoms with Crippen molar-refractivity contribution < 1.29 is 9.59 Å². The maximum atomic E-state index is 11.5. The summed E-state index contributed by atoms with van der Waals surface area (Å²) in [6.45, 7) is 1.66. The molecule has 4 rings (SSSR count). The number of nitrogens with one attached hydrogen (secondary N) is 1. The number of ketones is 2. The number of allylic oxidation sites excluding steroid dienone is 2. The number of benzene rings is 1. The van der Waals surface area contributed by atoms with Gasteiger partial charge < -0.3 is 10.7 Å². The fourth-order valence-corrected chi connectivity index (χ4v) is 2.23. The number of rotatable bonds is 0. The molecule has 0 saturated carbocycles. The molecule has 3 N–H and O–H groups in total. The summed E-state index contributed by atoms with van der Waals surface area (Å²) in [7, 11) is 0. The summed E-state index contributed by atoms with van der Waals surface area (Å²) in [5.41, 5.74) is 8.33. The van der Waals surface area contributed by atoms with E-state index in [4.69, 9.17) is 5.73 Å². The first-order valence-electron chi connectivity index (χ1n) is 6.84. The van der Waals surface area contributed by atoms with Gasteiger partial charge >= 0.3 is 0 Å². The second-order valence-electron chi connectivity index (χ2n) is 4.93. The monoisotopic (exact) mass is 307 g/mol. The van der Waals surface area contributed by atoms with Crippen LogP contribution in [0.5, 0.6) is 0 Å². The van der Waals surface area contributed by atoms with Crippen molar-refractivity contribution in [1.29, 1.82) is 0 Å². The molecule has 114 valence electrons. The van der Waals surface area contributed by atoms with Gasteiger partial charge in [0.15, 0.2) is 23.0 Å². The van der Waals surface area contributed by atoms with Gasteiger partial charge in [-0.05, 0) is 13.0 Å². The number of nitrogens with zero attached hydrogens (tertiary/aromatic N) is 3. The number of nitrogens with two attached hydrogens (primary N) is 1. The van der Waals surface area contributed by atoms with E-state index >= 15 is 0 Å². The van der Waals surface area contributed by atoms with Crippen molar-refractivity contribution in [3.8, 4) is 0 Å². The molecule has 0 atom stereocenters. The van der Waals surface area contributed by atoms with Crippen LogP contribution in [0.25, 0.3) is 11.2 Å². The van der Waals surface area contributed by atoms with Crippen molar-refractivity contribution in [3.05, 3.63) is 59.7 Å². The van der Waals surface area contributed by atoms with Crippen LogP contribution in [0.3, 0.4) is 0 Å². The van der Waals surface area contributed by atoms with Crippen molar-refractivity contribution in [2.45, 2.75) is 6.92 Å². The number of hydrogen-bond acceptors (Lipinski definition) is 6. The van der Waals surface area contributed by atoms with Crippen molar-refractivity contribution in [2.24, 2.45) is 0 Å². The maximum Gasteiger partial charge on any atom is 0.189 e. The lowest BCUT2D eigenvalue weighted by Crippen LogP contribution is -2.14. The second kappa shape index (κ2) is 5.80. The van der Waals surface area contributed by atoms with E-state index in [0.717, 1.165) is 0 Å². The first-order valence-corrected chi connectivity index (χ1v) is 6.84. The third kappa shape index (κ3) is 2.71. The molecule has 7 nitrogen and oxygen atoms in total. The Balaban J connectivity index is 0.000000140. The topological polar surface area (TPSA) is 115 Å². The molecule has 0 radical (unpaired) electrons. The van der Waals surface area contributed by atoms with E-state index in [1.54, 1.807) is 31.2 Å². The van der Waals surface area contributed by atoms with Crippen LogP contribution in [0.2, 0.25) is 0 Å². The number of aromatic amines is 1. The van der Waals surface area contributed by atoms with Gasteiger partial charge in [-0.15, -0.1) is 0 Å². The zero-order valence-corrected chi connectivity index (χ0v) is 12.3. The van der Waals surface area contributed by atoms with Crippen molar-refractivity contribution in [2.75, 3.05) is 5.73 Å². The Hall–Kier alpha value is -3.35. The predicted molar refractivity (Wildman–Crippen MR) is 85.0 cm³/mol. The van der Waals surface area contributed by atoms with Gasteiger partial charge in [0.25, 0.3) is 0 Å². The Morgan fingerprint density at radius 3 is 2.52 bits per heavy atom. The molecule has 0 fully saturated rings. The van der Waals surface area contributed by atoms with Crippen LogP contribution >= 0.6 is 0 Å². The first-order chi connectivity index (χ1) is 11.1. The molecule has 0 aliphatic heterocycles.